The largest absolute Gasteiger partial charge is 0.409 e. The molecule has 1 aliphatic rings. The van der Waals surface area contributed by atoms with E-state index in [1.807, 2.05) is 25.1 Å². The van der Waals surface area contributed by atoms with E-state index >= 15 is 0 Å². The highest BCUT2D eigenvalue weighted by Gasteiger charge is 2.23. The van der Waals surface area contributed by atoms with Gasteiger partial charge in [0.15, 0.2) is 5.84 Å². The summed E-state index contributed by atoms with van der Waals surface area (Å²) in [6.07, 6.45) is 2.71. The third-order valence-electron chi connectivity index (χ3n) is 3.24. The van der Waals surface area contributed by atoms with E-state index in [-0.39, 0.29) is 5.84 Å². The predicted octanol–water partition coefficient (Wildman–Crippen LogP) is 1.94. The van der Waals surface area contributed by atoms with Gasteiger partial charge in [0.1, 0.15) is 0 Å². The number of amidine groups is 1. The van der Waals surface area contributed by atoms with Gasteiger partial charge in [0.2, 0.25) is 0 Å². The molecule has 4 heteroatoms. The van der Waals surface area contributed by atoms with Crippen LogP contribution in [-0.4, -0.2) is 24.6 Å². The van der Waals surface area contributed by atoms with Crippen molar-refractivity contribution in [2.24, 2.45) is 16.8 Å². The zero-order chi connectivity index (χ0) is 12.4. The molecule has 0 atom stereocenters. The minimum Gasteiger partial charge on any atom is -0.409 e. The highest BCUT2D eigenvalue weighted by molar-refractivity contribution is 5.97. The van der Waals surface area contributed by atoms with E-state index in [1.54, 1.807) is 0 Å². The van der Waals surface area contributed by atoms with E-state index < -0.39 is 0 Å². The third kappa shape index (κ3) is 2.70. The molecule has 0 bridgehead atoms. The Morgan fingerprint density at radius 3 is 2.76 bits per heavy atom. The van der Waals surface area contributed by atoms with Crippen molar-refractivity contribution in [1.82, 2.24) is 0 Å². The second kappa shape index (κ2) is 4.65. The van der Waals surface area contributed by atoms with Crippen LogP contribution in [0.25, 0.3) is 0 Å². The Kier molecular flexibility index (Phi) is 3.22. The first-order valence-corrected chi connectivity index (χ1v) is 5.91. The number of benzene rings is 1. The van der Waals surface area contributed by atoms with Gasteiger partial charge in [0.25, 0.3) is 0 Å². The number of anilines is 1. The molecule has 0 saturated heterocycles. The van der Waals surface area contributed by atoms with Crippen LogP contribution in [0.4, 0.5) is 5.69 Å². The van der Waals surface area contributed by atoms with Crippen molar-refractivity contribution in [2.75, 3.05) is 18.5 Å². The fraction of sp³-hybridized carbons (Fsp3) is 0.462. The number of oxime groups is 1. The second-order valence-electron chi connectivity index (χ2n) is 4.81. The number of rotatable bonds is 4. The normalized spacial score (nSPS) is 16.0. The monoisotopic (exact) mass is 233 g/mol. The maximum atomic E-state index is 8.64. The lowest BCUT2D eigenvalue weighted by Crippen LogP contribution is -2.21. The molecule has 17 heavy (non-hydrogen) atoms. The zero-order valence-electron chi connectivity index (χ0n) is 10.3. The number of nitrogens with zero attached hydrogens (tertiary/aromatic N) is 2. The first-order valence-electron chi connectivity index (χ1n) is 5.91. The molecule has 0 unspecified atom stereocenters. The molecular weight excluding hydrogens is 214 g/mol. The van der Waals surface area contributed by atoms with Gasteiger partial charge in [-0.3, -0.25) is 0 Å². The molecule has 1 fully saturated rings. The van der Waals surface area contributed by atoms with Gasteiger partial charge >= 0.3 is 0 Å². The van der Waals surface area contributed by atoms with Crippen LogP contribution in [0.15, 0.2) is 23.4 Å². The molecule has 4 nitrogen and oxygen atoms in total. The van der Waals surface area contributed by atoms with E-state index in [9.17, 15) is 0 Å². The first kappa shape index (κ1) is 11.8. The Bertz CT molecular complexity index is 438. The topological polar surface area (TPSA) is 61.9 Å². The lowest BCUT2D eigenvalue weighted by atomic mass is 10.1. The van der Waals surface area contributed by atoms with Crippen LogP contribution in [0.5, 0.6) is 0 Å². The Hall–Kier alpha value is -1.71. The number of nitrogens with two attached hydrogens (primary N) is 1. The van der Waals surface area contributed by atoms with Gasteiger partial charge in [-0.15, -0.1) is 0 Å². The minimum atomic E-state index is 0.157. The molecule has 92 valence electrons. The molecule has 0 spiro atoms. The van der Waals surface area contributed by atoms with Crippen LogP contribution in [0.1, 0.15) is 24.0 Å². The number of hydrogen-bond donors (Lipinski definition) is 2. The summed E-state index contributed by atoms with van der Waals surface area (Å²) in [4.78, 5) is 2.28. The van der Waals surface area contributed by atoms with E-state index in [1.165, 1.54) is 18.5 Å². The average Bonchev–Trinajstić information content (AvgIpc) is 3.11. The summed E-state index contributed by atoms with van der Waals surface area (Å²) in [6.45, 7) is 3.16. The van der Waals surface area contributed by atoms with Gasteiger partial charge in [-0.1, -0.05) is 5.16 Å². The highest BCUT2D eigenvalue weighted by atomic mass is 16.4. The van der Waals surface area contributed by atoms with Crippen LogP contribution in [0, 0.1) is 12.8 Å². The Balaban J connectivity index is 2.18. The molecular formula is C13H19N3O. The SMILES string of the molecule is Cc1cc(/C(N)=N/O)ccc1N(C)CC1CC1. The summed E-state index contributed by atoms with van der Waals surface area (Å²) in [5, 5.41) is 11.7. The maximum absolute atomic E-state index is 8.64. The van der Waals surface area contributed by atoms with E-state index in [0.717, 1.165) is 23.6 Å². The van der Waals surface area contributed by atoms with Gasteiger partial charge in [-0.25, -0.2) is 0 Å². The molecule has 3 N–H and O–H groups in total. The third-order valence-corrected chi connectivity index (χ3v) is 3.24. The van der Waals surface area contributed by atoms with Gasteiger partial charge in [0, 0.05) is 24.8 Å². The lowest BCUT2D eigenvalue weighted by molar-refractivity contribution is 0.318. The zero-order valence-corrected chi connectivity index (χ0v) is 10.3. The maximum Gasteiger partial charge on any atom is 0.170 e. The van der Waals surface area contributed by atoms with Gasteiger partial charge in [0.05, 0.1) is 0 Å². The van der Waals surface area contributed by atoms with Crippen molar-refractivity contribution in [3.05, 3.63) is 29.3 Å². The van der Waals surface area contributed by atoms with E-state index in [0.29, 0.717) is 0 Å². The second-order valence-corrected chi connectivity index (χ2v) is 4.81. The van der Waals surface area contributed by atoms with Crippen molar-refractivity contribution >= 4 is 11.5 Å². The summed E-state index contributed by atoms with van der Waals surface area (Å²) >= 11 is 0. The lowest BCUT2D eigenvalue weighted by Gasteiger charge is -2.21. The molecule has 1 aromatic carbocycles. The van der Waals surface area contributed by atoms with Gasteiger partial charge in [-0.05, 0) is 49.4 Å². The Morgan fingerprint density at radius 1 is 1.53 bits per heavy atom. The Morgan fingerprint density at radius 2 is 2.24 bits per heavy atom. The minimum absolute atomic E-state index is 0.157. The quantitative estimate of drug-likeness (QED) is 0.361. The predicted molar refractivity (Wildman–Crippen MR) is 69.7 cm³/mol. The van der Waals surface area contributed by atoms with Crippen molar-refractivity contribution in [1.29, 1.82) is 0 Å². The van der Waals surface area contributed by atoms with E-state index in [4.69, 9.17) is 10.9 Å². The van der Waals surface area contributed by atoms with E-state index in [2.05, 4.69) is 17.1 Å². The van der Waals surface area contributed by atoms with Crippen molar-refractivity contribution in [3.63, 3.8) is 0 Å². The standard InChI is InChI=1S/C13H19N3O/c1-9-7-11(13(14)15-17)5-6-12(9)16(2)8-10-3-4-10/h5-7,10,17H,3-4,8H2,1-2H3,(H2,14,15). The Labute approximate surface area is 102 Å². The number of hydrogen-bond acceptors (Lipinski definition) is 3. The van der Waals surface area contributed by atoms with Crippen LogP contribution < -0.4 is 10.6 Å². The molecule has 0 amide bonds. The molecule has 0 aliphatic heterocycles. The van der Waals surface area contributed by atoms with Crippen molar-refractivity contribution < 1.29 is 5.21 Å². The first-order chi connectivity index (χ1) is 8.11. The van der Waals surface area contributed by atoms with Crippen LogP contribution in [-0.2, 0) is 0 Å². The average molecular weight is 233 g/mol. The molecule has 1 saturated carbocycles. The fourth-order valence-corrected chi connectivity index (χ4v) is 2.09. The summed E-state index contributed by atoms with van der Waals surface area (Å²) in [5.41, 5.74) is 8.69. The molecule has 1 aliphatic carbocycles. The van der Waals surface area contributed by atoms with Gasteiger partial charge < -0.3 is 15.8 Å². The van der Waals surface area contributed by atoms with Crippen molar-refractivity contribution in [3.8, 4) is 0 Å². The summed E-state index contributed by atoms with van der Waals surface area (Å²) < 4.78 is 0. The summed E-state index contributed by atoms with van der Waals surface area (Å²) in [6, 6.07) is 5.87. The smallest absolute Gasteiger partial charge is 0.170 e. The van der Waals surface area contributed by atoms with Crippen LogP contribution >= 0.6 is 0 Å². The molecule has 2 rings (SSSR count). The summed E-state index contributed by atoms with van der Waals surface area (Å²) in [5.74, 6) is 1.02. The molecule has 1 aromatic rings. The van der Waals surface area contributed by atoms with Crippen LogP contribution in [0.2, 0.25) is 0 Å². The number of aryl methyl sites for hydroxylation is 1. The molecule has 0 radical (unpaired) electrons. The highest BCUT2D eigenvalue weighted by Crippen LogP contribution is 2.31. The molecule has 0 aromatic heterocycles. The van der Waals surface area contributed by atoms with Crippen LogP contribution in [0.3, 0.4) is 0 Å². The fourth-order valence-electron chi connectivity index (χ4n) is 2.09. The van der Waals surface area contributed by atoms with Gasteiger partial charge in [-0.2, -0.15) is 0 Å². The molecule has 0 heterocycles. The van der Waals surface area contributed by atoms with Crippen molar-refractivity contribution in [2.45, 2.75) is 19.8 Å². The summed E-state index contributed by atoms with van der Waals surface area (Å²) in [7, 11) is 2.11.